The van der Waals surface area contributed by atoms with E-state index in [1.807, 2.05) is 54.6 Å². The van der Waals surface area contributed by atoms with Crippen LogP contribution in [0.15, 0.2) is 66.7 Å². The number of hydrogen-bond donors (Lipinski definition) is 3. The van der Waals surface area contributed by atoms with Crippen molar-refractivity contribution >= 4 is 23.2 Å². The van der Waals surface area contributed by atoms with Crippen LogP contribution in [0.3, 0.4) is 0 Å². The molecular formula is C19H20ClNO2. The van der Waals surface area contributed by atoms with Crippen molar-refractivity contribution in [3.63, 3.8) is 0 Å². The number of aliphatic hydroxyl groups excluding tert-OH is 1. The molecule has 120 valence electrons. The normalized spacial score (nSPS) is 13.3. The molecule has 0 aliphatic carbocycles. The monoisotopic (exact) mass is 329 g/mol. The molecule has 3 nitrogen and oxygen atoms in total. The Morgan fingerprint density at radius 2 is 1.52 bits per heavy atom. The smallest absolute Gasteiger partial charge is 0.116 e. The first-order chi connectivity index (χ1) is 10.6. The largest absolute Gasteiger partial charge is 0.508 e. The van der Waals surface area contributed by atoms with Crippen molar-refractivity contribution in [1.29, 1.82) is 0 Å². The summed E-state index contributed by atoms with van der Waals surface area (Å²) in [5.41, 5.74) is 8.16. The van der Waals surface area contributed by atoms with Gasteiger partial charge in [-0.05, 0) is 40.1 Å². The van der Waals surface area contributed by atoms with Crippen LogP contribution in [0.25, 0.3) is 10.8 Å². The second-order valence-corrected chi connectivity index (χ2v) is 5.57. The van der Waals surface area contributed by atoms with Gasteiger partial charge in [0, 0.05) is 6.42 Å². The molecule has 0 fully saturated rings. The minimum absolute atomic E-state index is 0. The van der Waals surface area contributed by atoms with Gasteiger partial charge in [0.05, 0.1) is 12.1 Å². The summed E-state index contributed by atoms with van der Waals surface area (Å²) < 4.78 is 0. The Balaban J connectivity index is 0.00000192. The van der Waals surface area contributed by atoms with E-state index < -0.39 is 12.1 Å². The molecule has 0 aromatic heterocycles. The number of benzene rings is 3. The lowest BCUT2D eigenvalue weighted by Crippen LogP contribution is -2.28. The summed E-state index contributed by atoms with van der Waals surface area (Å²) in [6, 6.07) is 20.4. The van der Waals surface area contributed by atoms with Gasteiger partial charge in [0.2, 0.25) is 0 Å². The molecule has 0 heterocycles. The summed E-state index contributed by atoms with van der Waals surface area (Å²) in [6.45, 7) is 0. The molecule has 0 saturated carbocycles. The van der Waals surface area contributed by atoms with Gasteiger partial charge in [0.25, 0.3) is 0 Å². The van der Waals surface area contributed by atoms with Crippen molar-refractivity contribution in [3.05, 3.63) is 77.9 Å². The summed E-state index contributed by atoms with van der Waals surface area (Å²) in [5, 5.41) is 21.8. The van der Waals surface area contributed by atoms with E-state index in [4.69, 9.17) is 5.73 Å². The average Bonchev–Trinajstić information content (AvgIpc) is 2.54. The third-order valence-corrected chi connectivity index (χ3v) is 3.93. The van der Waals surface area contributed by atoms with Gasteiger partial charge >= 0.3 is 0 Å². The van der Waals surface area contributed by atoms with E-state index >= 15 is 0 Å². The first-order valence-corrected chi connectivity index (χ1v) is 7.34. The number of halogens is 1. The van der Waals surface area contributed by atoms with Crippen LogP contribution in [0.5, 0.6) is 5.75 Å². The molecule has 23 heavy (non-hydrogen) atoms. The van der Waals surface area contributed by atoms with Gasteiger partial charge in [0.15, 0.2) is 0 Å². The van der Waals surface area contributed by atoms with Gasteiger partial charge in [-0.3, -0.25) is 0 Å². The van der Waals surface area contributed by atoms with Gasteiger partial charge in [-0.2, -0.15) is 0 Å². The quantitative estimate of drug-likeness (QED) is 0.685. The van der Waals surface area contributed by atoms with Crippen molar-refractivity contribution in [2.45, 2.75) is 18.6 Å². The molecule has 0 bridgehead atoms. The van der Waals surface area contributed by atoms with Crippen molar-refractivity contribution in [1.82, 2.24) is 0 Å². The molecule has 0 aliphatic rings. The highest BCUT2D eigenvalue weighted by Gasteiger charge is 2.17. The SMILES string of the molecule is Cl.N[C@H](c1ccc2cc(O)ccc2c1)[C@@H](O)Cc1ccccc1. The Kier molecular flexibility index (Phi) is 5.61. The third kappa shape index (κ3) is 4.02. The Hall–Kier alpha value is -2.07. The fourth-order valence-corrected chi connectivity index (χ4v) is 2.66. The zero-order valence-corrected chi connectivity index (χ0v) is 13.4. The average molecular weight is 330 g/mol. The van der Waals surface area contributed by atoms with Crippen LogP contribution in [0.1, 0.15) is 17.2 Å². The second kappa shape index (κ2) is 7.47. The zero-order valence-electron chi connectivity index (χ0n) is 12.6. The minimum atomic E-state index is -0.642. The summed E-state index contributed by atoms with van der Waals surface area (Å²) in [6.07, 6.45) is -0.118. The third-order valence-electron chi connectivity index (χ3n) is 3.93. The van der Waals surface area contributed by atoms with E-state index in [1.165, 1.54) is 0 Å². The summed E-state index contributed by atoms with van der Waals surface area (Å²) in [7, 11) is 0. The van der Waals surface area contributed by atoms with E-state index in [9.17, 15) is 10.2 Å². The first-order valence-electron chi connectivity index (χ1n) is 7.34. The first kappa shape index (κ1) is 17.3. The Labute approximate surface area is 141 Å². The molecule has 3 rings (SSSR count). The number of nitrogens with two attached hydrogens (primary N) is 1. The molecule has 0 saturated heterocycles. The molecule has 3 aromatic carbocycles. The van der Waals surface area contributed by atoms with E-state index in [1.54, 1.807) is 12.1 Å². The van der Waals surface area contributed by atoms with Gasteiger partial charge in [-0.1, -0.05) is 48.5 Å². The maximum absolute atomic E-state index is 10.4. The van der Waals surface area contributed by atoms with Crippen LogP contribution in [0.2, 0.25) is 0 Å². The van der Waals surface area contributed by atoms with Gasteiger partial charge < -0.3 is 15.9 Å². The molecule has 0 unspecified atom stereocenters. The highest BCUT2D eigenvalue weighted by atomic mass is 35.5. The molecule has 0 amide bonds. The van der Waals surface area contributed by atoms with E-state index in [0.29, 0.717) is 6.42 Å². The van der Waals surface area contributed by atoms with Crippen LogP contribution >= 0.6 is 12.4 Å². The van der Waals surface area contributed by atoms with Gasteiger partial charge in [-0.25, -0.2) is 0 Å². The fourth-order valence-electron chi connectivity index (χ4n) is 2.66. The predicted octanol–water partition coefficient (Wildman–Crippen LogP) is 3.57. The highest BCUT2D eigenvalue weighted by molar-refractivity contribution is 5.85. The summed E-state index contributed by atoms with van der Waals surface area (Å²) >= 11 is 0. The molecule has 4 N–H and O–H groups in total. The van der Waals surface area contributed by atoms with Crippen LogP contribution in [0.4, 0.5) is 0 Å². The van der Waals surface area contributed by atoms with E-state index in [2.05, 4.69) is 0 Å². The van der Waals surface area contributed by atoms with Gasteiger partial charge in [-0.15, -0.1) is 12.4 Å². The van der Waals surface area contributed by atoms with Crippen LogP contribution in [-0.4, -0.2) is 16.3 Å². The topological polar surface area (TPSA) is 66.5 Å². The molecule has 0 spiro atoms. The zero-order chi connectivity index (χ0) is 15.5. The van der Waals surface area contributed by atoms with Crippen LogP contribution in [-0.2, 0) is 6.42 Å². The van der Waals surface area contributed by atoms with E-state index in [-0.39, 0.29) is 18.2 Å². The molecule has 0 aliphatic heterocycles. The standard InChI is InChI=1S/C19H19NO2.ClH/c20-19(18(22)10-13-4-2-1-3-5-13)16-7-6-15-12-17(21)9-8-14(15)11-16;/h1-9,11-12,18-19,21-22H,10,20H2;1H/t18-,19+;/m0./s1. The van der Waals surface area contributed by atoms with E-state index in [0.717, 1.165) is 21.9 Å². The van der Waals surface area contributed by atoms with Crippen molar-refractivity contribution in [2.75, 3.05) is 0 Å². The van der Waals surface area contributed by atoms with Crippen molar-refractivity contribution in [2.24, 2.45) is 5.73 Å². The maximum Gasteiger partial charge on any atom is 0.116 e. The molecular weight excluding hydrogens is 310 g/mol. The maximum atomic E-state index is 10.4. The van der Waals surface area contributed by atoms with Crippen molar-refractivity contribution in [3.8, 4) is 5.75 Å². The van der Waals surface area contributed by atoms with Crippen LogP contribution in [0, 0.1) is 0 Å². The van der Waals surface area contributed by atoms with Crippen LogP contribution < -0.4 is 5.73 Å². The number of fused-ring (bicyclic) bond motifs is 1. The number of rotatable bonds is 4. The second-order valence-electron chi connectivity index (χ2n) is 5.57. The lowest BCUT2D eigenvalue weighted by molar-refractivity contribution is 0.145. The summed E-state index contributed by atoms with van der Waals surface area (Å²) in [4.78, 5) is 0. The molecule has 4 heteroatoms. The number of hydrogen-bond acceptors (Lipinski definition) is 3. The predicted molar refractivity (Wildman–Crippen MR) is 95.9 cm³/mol. The lowest BCUT2D eigenvalue weighted by Gasteiger charge is -2.20. The van der Waals surface area contributed by atoms with Crippen molar-refractivity contribution < 1.29 is 10.2 Å². The number of aliphatic hydroxyl groups is 1. The number of phenolic OH excluding ortho intramolecular Hbond substituents is 1. The molecule has 3 aromatic rings. The molecule has 0 radical (unpaired) electrons. The number of aromatic hydroxyl groups is 1. The Morgan fingerprint density at radius 3 is 2.26 bits per heavy atom. The fraction of sp³-hybridized carbons (Fsp3) is 0.158. The minimum Gasteiger partial charge on any atom is -0.508 e. The summed E-state index contributed by atoms with van der Waals surface area (Å²) in [5.74, 6) is 0.244. The highest BCUT2D eigenvalue weighted by Crippen LogP contribution is 2.25. The Morgan fingerprint density at radius 1 is 0.870 bits per heavy atom. The number of phenols is 1. The Bertz CT molecular complexity index is 777. The lowest BCUT2D eigenvalue weighted by atomic mass is 9.95. The molecule has 2 atom stereocenters. The van der Waals surface area contributed by atoms with Gasteiger partial charge in [0.1, 0.15) is 5.75 Å².